The predicted molar refractivity (Wildman–Crippen MR) is 149 cm³/mol. The normalized spacial score (nSPS) is 13.1. The van der Waals surface area contributed by atoms with Gasteiger partial charge in [0, 0.05) is 30.1 Å². The van der Waals surface area contributed by atoms with Crippen molar-refractivity contribution < 1.29 is 32.5 Å². The molecule has 1 aliphatic heterocycles. The minimum atomic E-state index is -4.12. The van der Waals surface area contributed by atoms with Crippen LogP contribution in [0.5, 0.6) is 17.2 Å². The number of carboxylic acid groups (broad SMARTS) is 1. The summed E-state index contributed by atoms with van der Waals surface area (Å²) in [6.45, 7) is 4.54. The number of aryl methyl sites for hydroxylation is 1. The number of hydrogen-bond acceptors (Lipinski definition) is 6. The van der Waals surface area contributed by atoms with Gasteiger partial charge in [-0.05, 0) is 73.5 Å². The second-order valence-corrected chi connectivity index (χ2v) is 11.1. The minimum absolute atomic E-state index is 0.0421. The predicted octanol–water partition coefficient (Wildman–Crippen LogP) is 4.10. The topological polar surface area (TPSA) is 116 Å². The molecular weight excluding hydrogens is 532 g/mol. The van der Waals surface area contributed by atoms with Gasteiger partial charge in [-0.3, -0.25) is 4.79 Å². The first kappa shape index (κ1) is 27.1. The molecule has 4 aromatic rings. The number of sulfonamides is 1. The number of aromatic nitrogens is 1. The maximum Gasteiger partial charge on any atom is 0.322 e. The molecule has 0 amide bonds. The molecule has 0 saturated heterocycles. The van der Waals surface area contributed by atoms with E-state index >= 15 is 0 Å². The van der Waals surface area contributed by atoms with Crippen LogP contribution in [0.3, 0.4) is 0 Å². The molecule has 0 bridgehead atoms. The molecule has 1 aliphatic rings. The highest BCUT2D eigenvalue weighted by Crippen LogP contribution is 2.33. The Labute approximate surface area is 232 Å². The van der Waals surface area contributed by atoms with Crippen molar-refractivity contribution in [2.24, 2.45) is 0 Å². The van der Waals surface area contributed by atoms with Crippen LogP contribution >= 0.6 is 0 Å². The van der Waals surface area contributed by atoms with Gasteiger partial charge in [-0.1, -0.05) is 23.6 Å². The number of hydrogen-bond donors (Lipinski definition) is 2. The van der Waals surface area contributed by atoms with Crippen LogP contribution in [0.2, 0.25) is 0 Å². The summed E-state index contributed by atoms with van der Waals surface area (Å²) in [5, 5.41) is 10.8. The Morgan fingerprint density at radius 3 is 2.62 bits per heavy atom. The second kappa shape index (κ2) is 11.3. The van der Waals surface area contributed by atoms with Crippen molar-refractivity contribution in [3.63, 3.8) is 0 Å². The quantitative estimate of drug-likeness (QED) is 0.281. The summed E-state index contributed by atoms with van der Waals surface area (Å²) in [6.07, 6.45) is 1.84. The number of fused-ring (bicyclic) bond motifs is 2. The van der Waals surface area contributed by atoms with Crippen molar-refractivity contribution in [1.29, 1.82) is 0 Å². The van der Waals surface area contributed by atoms with E-state index in [0.717, 1.165) is 27.6 Å². The van der Waals surface area contributed by atoms with Crippen molar-refractivity contribution in [3.8, 4) is 29.1 Å². The molecule has 0 radical (unpaired) electrons. The molecule has 9 nitrogen and oxygen atoms in total. The first-order valence-corrected chi connectivity index (χ1v) is 14.1. The standard InChI is InChI=1S/C30H28N2O7S/c1-3-4-13-37-23-7-9-24(10-8-23)40(35,36)31-26(30(33)34)16-22-18-32(27-11-5-20(2)14-25(22)27)17-21-6-12-28-29(15-21)39-19-38-28/h5-12,14-15,18,26,31H,13,16-17,19H2,1-2H3,(H,33,34)/t26-/m0/s1. The Balaban J connectivity index is 1.39. The fourth-order valence-electron chi connectivity index (χ4n) is 4.58. The molecule has 0 saturated carbocycles. The molecule has 2 heterocycles. The van der Waals surface area contributed by atoms with Gasteiger partial charge in [0.2, 0.25) is 16.8 Å². The van der Waals surface area contributed by atoms with Crippen LogP contribution in [0.4, 0.5) is 0 Å². The molecule has 1 atom stereocenters. The zero-order chi connectivity index (χ0) is 28.3. The lowest BCUT2D eigenvalue weighted by molar-refractivity contribution is -0.138. The highest BCUT2D eigenvalue weighted by Gasteiger charge is 2.27. The molecule has 0 spiro atoms. The molecule has 3 aromatic carbocycles. The second-order valence-electron chi connectivity index (χ2n) is 9.39. The molecule has 1 aromatic heterocycles. The van der Waals surface area contributed by atoms with Gasteiger partial charge in [-0.25, -0.2) is 8.42 Å². The van der Waals surface area contributed by atoms with Gasteiger partial charge in [0.25, 0.3) is 0 Å². The first-order chi connectivity index (χ1) is 19.2. The average molecular weight is 561 g/mol. The van der Waals surface area contributed by atoms with E-state index in [1.807, 2.05) is 54.1 Å². The summed E-state index contributed by atoms with van der Waals surface area (Å²) in [7, 11) is -4.12. The number of carboxylic acids is 1. The van der Waals surface area contributed by atoms with E-state index in [9.17, 15) is 18.3 Å². The van der Waals surface area contributed by atoms with Gasteiger partial charge >= 0.3 is 5.97 Å². The molecule has 5 rings (SSSR count). The Hall–Kier alpha value is -4.46. The lowest BCUT2D eigenvalue weighted by atomic mass is 10.0. The third kappa shape index (κ3) is 5.91. The molecule has 0 aliphatic carbocycles. The van der Waals surface area contributed by atoms with E-state index in [1.54, 1.807) is 6.92 Å². The summed E-state index contributed by atoms with van der Waals surface area (Å²) in [5.41, 5.74) is 3.62. The third-order valence-corrected chi connectivity index (χ3v) is 8.04. The summed E-state index contributed by atoms with van der Waals surface area (Å²) in [6, 6.07) is 16.1. The highest BCUT2D eigenvalue weighted by atomic mass is 32.2. The molecular formula is C30H28N2O7S. The monoisotopic (exact) mass is 560 g/mol. The summed E-state index contributed by atoms with van der Waals surface area (Å²) in [4.78, 5) is 12.2. The summed E-state index contributed by atoms with van der Waals surface area (Å²) in [5.74, 6) is 6.04. The van der Waals surface area contributed by atoms with Crippen molar-refractivity contribution in [2.75, 3.05) is 13.4 Å². The molecule has 0 unspecified atom stereocenters. The Kier molecular flexibility index (Phi) is 7.69. The van der Waals surface area contributed by atoms with Crippen molar-refractivity contribution >= 4 is 26.9 Å². The fraction of sp³-hybridized carbons (Fsp3) is 0.233. The van der Waals surface area contributed by atoms with Gasteiger partial charge in [0.05, 0.1) is 4.90 Å². The van der Waals surface area contributed by atoms with Crippen LogP contribution in [0.15, 0.2) is 71.8 Å². The lowest BCUT2D eigenvalue weighted by Crippen LogP contribution is -2.42. The van der Waals surface area contributed by atoms with E-state index in [0.29, 0.717) is 23.8 Å². The maximum atomic E-state index is 13.1. The SMILES string of the molecule is CC#CCOc1ccc(S(=O)(=O)N[C@@H](Cc2cn(Cc3ccc4c(c3)OCO4)c3ccc(C)cc23)C(=O)O)cc1. The molecule has 0 fully saturated rings. The number of benzene rings is 3. The highest BCUT2D eigenvalue weighted by molar-refractivity contribution is 7.89. The fourth-order valence-corrected chi connectivity index (χ4v) is 5.76. The van der Waals surface area contributed by atoms with Crippen LogP contribution in [0.1, 0.15) is 23.6 Å². The smallest absolute Gasteiger partial charge is 0.322 e. The number of ether oxygens (including phenoxy) is 3. The lowest BCUT2D eigenvalue weighted by Gasteiger charge is -2.15. The Morgan fingerprint density at radius 1 is 1.10 bits per heavy atom. The zero-order valence-electron chi connectivity index (χ0n) is 22.0. The van der Waals surface area contributed by atoms with E-state index in [4.69, 9.17) is 14.2 Å². The largest absolute Gasteiger partial charge is 0.481 e. The zero-order valence-corrected chi connectivity index (χ0v) is 22.8. The summed E-state index contributed by atoms with van der Waals surface area (Å²) < 4.78 is 46.9. The molecule has 10 heteroatoms. The number of carbonyl (C=O) groups is 1. The van der Waals surface area contributed by atoms with Crippen LogP contribution in [-0.4, -0.2) is 43.5 Å². The third-order valence-electron chi connectivity index (χ3n) is 6.55. The van der Waals surface area contributed by atoms with E-state index < -0.39 is 22.0 Å². The van der Waals surface area contributed by atoms with E-state index in [1.165, 1.54) is 24.3 Å². The minimum Gasteiger partial charge on any atom is -0.481 e. The van der Waals surface area contributed by atoms with Crippen LogP contribution in [-0.2, 0) is 27.8 Å². The number of nitrogens with one attached hydrogen (secondary N) is 1. The van der Waals surface area contributed by atoms with Gasteiger partial charge < -0.3 is 23.9 Å². The number of nitrogens with zero attached hydrogens (tertiary/aromatic N) is 1. The van der Waals surface area contributed by atoms with E-state index in [-0.39, 0.29) is 24.7 Å². The van der Waals surface area contributed by atoms with Crippen LogP contribution in [0.25, 0.3) is 10.9 Å². The van der Waals surface area contributed by atoms with Crippen molar-refractivity contribution in [2.45, 2.75) is 37.8 Å². The molecule has 2 N–H and O–H groups in total. The van der Waals surface area contributed by atoms with Crippen molar-refractivity contribution in [1.82, 2.24) is 9.29 Å². The average Bonchev–Trinajstić information content (AvgIpc) is 3.52. The molecule has 206 valence electrons. The van der Waals surface area contributed by atoms with Crippen molar-refractivity contribution in [3.05, 3.63) is 83.6 Å². The van der Waals surface area contributed by atoms with E-state index in [2.05, 4.69) is 16.6 Å². The van der Waals surface area contributed by atoms with Gasteiger partial charge in [0.1, 0.15) is 18.4 Å². The number of aliphatic carboxylic acids is 1. The Bertz CT molecular complexity index is 1730. The summed E-state index contributed by atoms with van der Waals surface area (Å²) >= 11 is 0. The van der Waals surface area contributed by atoms with Crippen LogP contribution < -0.4 is 18.9 Å². The maximum absolute atomic E-state index is 13.1. The van der Waals surface area contributed by atoms with Gasteiger partial charge in [0.15, 0.2) is 11.5 Å². The van der Waals surface area contributed by atoms with Gasteiger partial charge in [-0.15, -0.1) is 5.92 Å². The first-order valence-electron chi connectivity index (χ1n) is 12.6. The number of rotatable bonds is 10. The van der Waals surface area contributed by atoms with Gasteiger partial charge in [-0.2, -0.15) is 4.72 Å². The van der Waals surface area contributed by atoms with Crippen LogP contribution in [0, 0.1) is 18.8 Å². The Morgan fingerprint density at radius 2 is 1.88 bits per heavy atom. The molecule has 40 heavy (non-hydrogen) atoms.